The molecule has 0 radical (unpaired) electrons. The zero-order valence-electron chi connectivity index (χ0n) is 10.2. The fraction of sp³-hybridized carbons (Fsp3) is 0.462. The summed E-state index contributed by atoms with van der Waals surface area (Å²) in [6.45, 7) is 0.912. The van der Waals surface area contributed by atoms with Gasteiger partial charge in [-0.05, 0) is 36.0 Å². The summed E-state index contributed by atoms with van der Waals surface area (Å²) in [5, 5.41) is 3.41. The summed E-state index contributed by atoms with van der Waals surface area (Å²) in [6.07, 6.45) is 1.29. The van der Waals surface area contributed by atoms with Crippen molar-refractivity contribution in [1.29, 1.82) is 0 Å². The van der Waals surface area contributed by atoms with Crippen molar-refractivity contribution in [3.63, 3.8) is 0 Å². The van der Waals surface area contributed by atoms with Crippen LogP contribution in [0.3, 0.4) is 0 Å². The summed E-state index contributed by atoms with van der Waals surface area (Å²) in [7, 11) is 0. The lowest BCUT2D eigenvalue weighted by atomic mass is 10.1. The molecule has 0 aliphatic carbocycles. The number of carbonyl (C=O) groups excluding carboxylic acids is 1. The van der Waals surface area contributed by atoms with Gasteiger partial charge in [-0.25, -0.2) is 0 Å². The van der Waals surface area contributed by atoms with Gasteiger partial charge in [-0.2, -0.15) is 11.8 Å². The molecule has 1 aliphatic rings. The van der Waals surface area contributed by atoms with Crippen LogP contribution in [0.5, 0.6) is 5.75 Å². The molecule has 1 aromatic carbocycles. The monoisotopic (exact) mass is 266 g/mol. The van der Waals surface area contributed by atoms with Gasteiger partial charge in [-0.1, -0.05) is 6.07 Å². The molecule has 1 atom stereocenters. The second kappa shape index (κ2) is 6.54. The number of carbonyl (C=O) groups is 1. The number of anilines is 1. The first-order valence-electron chi connectivity index (χ1n) is 6.07. The van der Waals surface area contributed by atoms with Gasteiger partial charge < -0.3 is 15.8 Å². The van der Waals surface area contributed by atoms with Crippen LogP contribution in [0.2, 0.25) is 0 Å². The molecule has 0 aromatic heterocycles. The van der Waals surface area contributed by atoms with Crippen LogP contribution in [0, 0.1) is 5.92 Å². The van der Waals surface area contributed by atoms with E-state index in [2.05, 4.69) is 5.32 Å². The maximum absolute atomic E-state index is 10.6. The van der Waals surface area contributed by atoms with Crippen LogP contribution in [0.4, 0.5) is 5.69 Å². The quantitative estimate of drug-likeness (QED) is 0.823. The number of nitrogens with two attached hydrogens (primary N) is 1. The molecule has 1 aliphatic heterocycles. The summed E-state index contributed by atoms with van der Waals surface area (Å²) in [5.41, 5.74) is 6.06. The van der Waals surface area contributed by atoms with Crippen molar-refractivity contribution in [2.75, 3.05) is 30.0 Å². The molecule has 4 nitrogen and oxygen atoms in total. The van der Waals surface area contributed by atoms with E-state index in [1.165, 1.54) is 17.9 Å². The Labute approximate surface area is 111 Å². The van der Waals surface area contributed by atoms with Gasteiger partial charge in [-0.15, -0.1) is 0 Å². The third-order valence-corrected chi connectivity index (χ3v) is 4.07. The molecule has 1 unspecified atom stereocenters. The van der Waals surface area contributed by atoms with Crippen LogP contribution < -0.4 is 15.8 Å². The van der Waals surface area contributed by atoms with Crippen LogP contribution in [-0.2, 0) is 4.79 Å². The third kappa shape index (κ3) is 4.14. The average molecular weight is 266 g/mol. The van der Waals surface area contributed by atoms with Crippen molar-refractivity contribution < 1.29 is 9.53 Å². The Balaban J connectivity index is 1.84. The van der Waals surface area contributed by atoms with Crippen molar-refractivity contribution >= 4 is 23.4 Å². The number of ether oxygens (including phenoxy) is 1. The van der Waals surface area contributed by atoms with Crippen LogP contribution in [-0.4, -0.2) is 30.6 Å². The minimum atomic E-state index is -0.462. The molecule has 1 heterocycles. The van der Waals surface area contributed by atoms with E-state index in [0.717, 1.165) is 18.2 Å². The number of hydrogen-bond donors (Lipinski definition) is 2. The van der Waals surface area contributed by atoms with E-state index >= 15 is 0 Å². The second-order valence-electron chi connectivity index (χ2n) is 4.39. The van der Waals surface area contributed by atoms with Gasteiger partial charge in [0.2, 0.25) is 0 Å². The van der Waals surface area contributed by atoms with E-state index in [0.29, 0.717) is 5.75 Å². The average Bonchev–Trinajstić information content (AvgIpc) is 2.87. The van der Waals surface area contributed by atoms with Crippen molar-refractivity contribution in [2.45, 2.75) is 6.42 Å². The first-order valence-corrected chi connectivity index (χ1v) is 7.22. The molecule has 5 heteroatoms. The van der Waals surface area contributed by atoms with Crippen molar-refractivity contribution in [3.05, 3.63) is 24.3 Å². The van der Waals surface area contributed by atoms with E-state index in [9.17, 15) is 4.79 Å². The van der Waals surface area contributed by atoms with Crippen molar-refractivity contribution in [2.24, 2.45) is 11.7 Å². The summed E-state index contributed by atoms with van der Waals surface area (Å²) in [5.74, 6) is 3.47. The minimum Gasteiger partial charge on any atom is -0.484 e. The summed E-state index contributed by atoms with van der Waals surface area (Å²) < 4.78 is 5.26. The Morgan fingerprint density at radius 2 is 2.44 bits per heavy atom. The standard InChI is InChI=1S/C13H18N2O2S/c14-13(16)8-17-12-3-1-2-11(6-12)15-7-10-4-5-18-9-10/h1-3,6,10,15H,4-5,7-9H2,(H2,14,16). The molecule has 1 saturated heterocycles. The second-order valence-corrected chi connectivity index (χ2v) is 5.54. The first kappa shape index (κ1) is 13.1. The SMILES string of the molecule is NC(=O)COc1cccc(NCC2CCSC2)c1. The van der Waals surface area contributed by atoms with E-state index in [-0.39, 0.29) is 6.61 Å². The molecule has 3 N–H and O–H groups in total. The van der Waals surface area contributed by atoms with Crippen LogP contribution in [0.15, 0.2) is 24.3 Å². The third-order valence-electron chi connectivity index (χ3n) is 2.83. The number of amides is 1. The summed E-state index contributed by atoms with van der Waals surface area (Å²) >= 11 is 2.02. The highest BCUT2D eigenvalue weighted by Gasteiger charge is 2.14. The zero-order chi connectivity index (χ0) is 12.8. The summed E-state index contributed by atoms with van der Waals surface area (Å²) in [4.78, 5) is 10.6. The van der Waals surface area contributed by atoms with Gasteiger partial charge in [0, 0.05) is 18.3 Å². The Morgan fingerprint density at radius 1 is 1.56 bits per heavy atom. The van der Waals surface area contributed by atoms with Gasteiger partial charge in [-0.3, -0.25) is 4.79 Å². The van der Waals surface area contributed by atoms with Crippen LogP contribution in [0.1, 0.15) is 6.42 Å². The molecule has 2 rings (SSSR count). The molecule has 0 bridgehead atoms. The number of primary amides is 1. The fourth-order valence-corrected chi connectivity index (χ4v) is 3.14. The maximum Gasteiger partial charge on any atom is 0.255 e. The lowest BCUT2D eigenvalue weighted by molar-refractivity contribution is -0.119. The smallest absolute Gasteiger partial charge is 0.255 e. The molecule has 1 fully saturated rings. The van der Waals surface area contributed by atoms with Gasteiger partial charge in [0.15, 0.2) is 6.61 Å². The Kier molecular flexibility index (Phi) is 4.75. The Bertz CT molecular complexity index is 406. The molecular weight excluding hydrogens is 248 g/mol. The molecule has 0 spiro atoms. The Morgan fingerprint density at radius 3 is 3.17 bits per heavy atom. The molecule has 98 valence electrons. The summed E-state index contributed by atoms with van der Waals surface area (Å²) in [6, 6.07) is 7.62. The van der Waals surface area contributed by atoms with Gasteiger partial charge in [0.25, 0.3) is 5.91 Å². The lowest BCUT2D eigenvalue weighted by Gasteiger charge is -2.12. The van der Waals surface area contributed by atoms with E-state index in [4.69, 9.17) is 10.5 Å². The fourth-order valence-electron chi connectivity index (χ4n) is 1.86. The molecule has 18 heavy (non-hydrogen) atoms. The number of benzene rings is 1. The number of nitrogens with one attached hydrogen (secondary N) is 1. The first-order chi connectivity index (χ1) is 8.74. The van der Waals surface area contributed by atoms with Crippen molar-refractivity contribution in [3.8, 4) is 5.75 Å². The number of thioether (sulfide) groups is 1. The number of rotatable bonds is 6. The highest BCUT2D eigenvalue weighted by atomic mass is 32.2. The van der Waals surface area contributed by atoms with E-state index in [1.807, 2.05) is 36.0 Å². The lowest BCUT2D eigenvalue weighted by Crippen LogP contribution is -2.20. The molecule has 1 aromatic rings. The van der Waals surface area contributed by atoms with Crippen molar-refractivity contribution in [1.82, 2.24) is 0 Å². The van der Waals surface area contributed by atoms with E-state index in [1.54, 1.807) is 0 Å². The molecule has 0 saturated carbocycles. The predicted molar refractivity (Wildman–Crippen MR) is 75.1 cm³/mol. The predicted octanol–water partition coefficient (Wildman–Crippen LogP) is 1.72. The maximum atomic E-state index is 10.6. The largest absolute Gasteiger partial charge is 0.484 e. The molecule has 1 amide bonds. The van der Waals surface area contributed by atoms with Gasteiger partial charge >= 0.3 is 0 Å². The van der Waals surface area contributed by atoms with Gasteiger partial charge in [0.1, 0.15) is 5.75 Å². The number of hydrogen-bond acceptors (Lipinski definition) is 4. The molecular formula is C13H18N2O2S. The zero-order valence-corrected chi connectivity index (χ0v) is 11.0. The topological polar surface area (TPSA) is 64.4 Å². The normalized spacial score (nSPS) is 18.6. The van der Waals surface area contributed by atoms with Gasteiger partial charge in [0.05, 0.1) is 0 Å². The highest BCUT2D eigenvalue weighted by molar-refractivity contribution is 7.99. The van der Waals surface area contributed by atoms with E-state index < -0.39 is 5.91 Å². The van der Waals surface area contributed by atoms with Crippen LogP contribution >= 0.6 is 11.8 Å². The Hall–Kier alpha value is -1.36. The van der Waals surface area contributed by atoms with Crippen LogP contribution in [0.25, 0.3) is 0 Å². The highest BCUT2D eigenvalue weighted by Crippen LogP contribution is 2.24. The minimum absolute atomic E-state index is 0.0806.